The van der Waals surface area contributed by atoms with Crippen LogP contribution in [0.5, 0.6) is 0 Å². The van der Waals surface area contributed by atoms with Gasteiger partial charge in [-0.3, -0.25) is 4.79 Å². The predicted molar refractivity (Wildman–Crippen MR) is 107 cm³/mol. The van der Waals surface area contributed by atoms with Gasteiger partial charge in [0.2, 0.25) is 5.91 Å². The Balaban J connectivity index is 1.63. The second-order valence-corrected chi connectivity index (χ2v) is 7.28. The van der Waals surface area contributed by atoms with Gasteiger partial charge in [-0.15, -0.1) is 11.3 Å². The highest BCUT2D eigenvalue weighted by molar-refractivity contribution is 9.10. The first kappa shape index (κ1) is 17.8. The Kier molecular flexibility index (Phi) is 5.96. The molecule has 0 spiro atoms. The molecule has 128 valence electrons. The van der Waals surface area contributed by atoms with Crippen LogP contribution in [0.3, 0.4) is 0 Å². The van der Waals surface area contributed by atoms with Gasteiger partial charge in [-0.25, -0.2) is 4.98 Å². The minimum Gasteiger partial charge on any atom is -0.324 e. The van der Waals surface area contributed by atoms with Crippen LogP contribution in [0.4, 0.5) is 5.69 Å². The van der Waals surface area contributed by atoms with Crippen LogP contribution in [-0.4, -0.2) is 17.4 Å². The van der Waals surface area contributed by atoms with Gasteiger partial charge in [0, 0.05) is 22.0 Å². The highest BCUT2D eigenvalue weighted by Gasteiger charge is 2.11. The Bertz CT molecular complexity index is 865. The molecule has 4 nitrogen and oxygen atoms in total. The second kappa shape index (κ2) is 8.38. The lowest BCUT2D eigenvalue weighted by molar-refractivity contribution is -0.115. The van der Waals surface area contributed by atoms with E-state index in [0.717, 1.165) is 21.4 Å². The fourth-order valence-electron chi connectivity index (χ4n) is 2.50. The van der Waals surface area contributed by atoms with Crippen molar-refractivity contribution in [2.75, 3.05) is 11.9 Å². The van der Waals surface area contributed by atoms with Crippen molar-refractivity contribution in [3.63, 3.8) is 0 Å². The molecule has 0 aliphatic rings. The number of hydrogen-bond donors (Lipinski definition) is 2. The molecule has 2 aromatic carbocycles. The molecule has 6 heteroatoms. The monoisotopic (exact) mass is 415 g/mol. The third-order valence-electron chi connectivity index (χ3n) is 3.83. The standard InChI is InChI=1S/C19H18BrN3OS/c1-13-4-2-3-5-14(13)9-21-10-19(24)23-17-7-6-15(20)8-16(17)18-11-25-12-22-18/h2-8,11-12,21H,9-10H2,1H3,(H,23,24). The molecule has 0 saturated heterocycles. The molecule has 0 bridgehead atoms. The molecule has 3 rings (SSSR count). The Hall–Kier alpha value is -2.02. The summed E-state index contributed by atoms with van der Waals surface area (Å²) >= 11 is 5.00. The van der Waals surface area contributed by atoms with E-state index in [0.29, 0.717) is 6.54 Å². The minimum atomic E-state index is -0.0765. The van der Waals surface area contributed by atoms with Gasteiger partial charge in [0.1, 0.15) is 0 Å². The second-order valence-electron chi connectivity index (χ2n) is 5.64. The van der Waals surface area contributed by atoms with Crippen LogP contribution in [0.15, 0.2) is 57.8 Å². The average Bonchev–Trinajstić information content (AvgIpc) is 3.12. The summed E-state index contributed by atoms with van der Waals surface area (Å²) in [6.45, 7) is 2.99. The number of amides is 1. The first-order valence-electron chi connectivity index (χ1n) is 7.86. The molecular formula is C19H18BrN3OS. The van der Waals surface area contributed by atoms with Crippen LogP contribution in [0.1, 0.15) is 11.1 Å². The Morgan fingerprint density at radius 2 is 2.08 bits per heavy atom. The van der Waals surface area contributed by atoms with Gasteiger partial charge in [-0.05, 0) is 36.2 Å². The van der Waals surface area contributed by atoms with E-state index < -0.39 is 0 Å². The number of hydrogen-bond acceptors (Lipinski definition) is 4. The van der Waals surface area contributed by atoms with Crippen molar-refractivity contribution in [1.29, 1.82) is 0 Å². The molecule has 0 atom stereocenters. The molecule has 3 aromatic rings. The molecule has 0 radical (unpaired) electrons. The Morgan fingerprint density at radius 1 is 1.24 bits per heavy atom. The minimum absolute atomic E-state index is 0.0765. The fraction of sp³-hybridized carbons (Fsp3) is 0.158. The van der Waals surface area contributed by atoms with Crippen molar-refractivity contribution in [1.82, 2.24) is 10.3 Å². The predicted octanol–water partition coefficient (Wildman–Crippen LogP) is 4.61. The zero-order valence-corrected chi connectivity index (χ0v) is 16.2. The van der Waals surface area contributed by atoms with E-state index in [2.05, 4.69) is 50.6 Å². The molecule has 0 aliphatic heterocycles. The summed E-state index contributed by atoms with van der Waals surface area (Å²) in [4.78, 5) is 16.6. The van der Waals surface area contributed by atoms with E-state index in [1.165, 1.54) is 22.5 Å². The van der Waals surface area contributed by atoms with Crippen molar-refractivity contribution in [3.05, 3.63) is 69.0 Å². The summed E-state index contributed by atoms with van der Waals surface area (Å²) in [5.74, 6) is -0.0765. The van der Waals surface area contributed by atoms with Crippen LogP contribution >= 0.6 is 27.3 Å². The van der Waals surface area contributed by atoms with Crippen LogP contribution in [-0.2, 0) is 11.3 Å². The van der Waals surface area contributed by atoms with Gasteiger partial charge >= 0.3 is 0 Å². The van der Waals surface area contributed by atoms with Gasteiger partial charge < -0.3 is 10.6 Å². The van der Waals surface area contributed by atoms with Crippen LogP contribution in [0.25, 0.3) is 11.3 Å². The molecule has 2 N–H and O–H groups in total. The normalized spacial score (nSPS) is 10.6. The smallest absolute Gasteiger partial charge is 0.238 e. The number of carbonyl (C=O) groups excluding carboxylic acids is 1. The Morgan fingerprint density at radius 3 is 2.84 bits per heavy atom. The SMILES string of the molecule is Cc1ccccc1CNCC(=O)Nc1ccc(Br)cc1-c1cscn1. The summed E-state index contributed by atoms with van der Waals surface area (Å²) in [6.07, 6.45) is 0. The summed E-state index contributed by atoms with van der Waals surface area (Å²) in [7, 11) is 0. The van der Waals surface area contributed by atoms with Gasteiger partial charge in [0.25, 0.3) is 0 Å². The first-order chi connectivity index (χ1) is 12.1. The van der Waals surface area contributed by atoms with E-state index in [-0.39, 0.29) is 12.5 Å². The molecule has 0 aliphatic carbocycles. The number of nitrogens with zero attached hydrogens (tertiary/aromatic N) is 1. The summed E-state index contributed by atoms with van der Waals surface area (Å²) in [5, 5.41) is 8.13. The molecular weight excluding hydrogens is 398 g/mol. The van der Waals surface area contributed by atoms with Crippen molar-refractivity contribution in [3.8, 4) is 11.3 Å². The maximum Gasteiger partial charge on any atom is 0.238 e. The molecule has 25 heavy (non-hydrogen) atoms. The van der Waals surface area contributed by atoms with Crippen molar-refractivity contribution < 1.29 is 4.79 Å². The third-order valence-corrected chi connectivity index (χ3v) is 4.91. The van der Waals surface area contributed by atoms with Crippen molar-refractivity contribution >= 4 is 38.9 Å². The highest BCUT2D eigenvalue weighted by atomic mass is 79.9. The largest absolute Gasteiger partial charge is 0.324 e. The lowest BCUT2D eigenvalue weighted by Crippen LogP contribution is -2.28. The van der Waals surface area contributed by atoms with E-state index in [4.69, 9.17) is 0 Å². The van der Waals surface area contributed by atoms with E-state index >= 15 is 0 Å². The number of rotatable bonds is 6. The quantitative estimate of drug-likeness (QED) is 0.617. The zero-order valence-electron chi connectivity index (χ0n) is 13.8. The molecule has 1 heterocycles. The molecule has 0 fully saturated rings. The number of aromatic nitrogens is 1. The number of nitrogens with one attached hydrogen (secondary N) is 2. The van der Waals surface area contributed by atoms with Gasteiger partial charge in [0.05, 0.1) is 23.4 Å². The maximum atomic E-state index is 12.3. The van der Waals surface area contributed by atoms with E-state index in [9.17, 15) is 4.79 Å². The lowest BCUT2D eigenvalue weighted by Gasteiger charge is -2.11. The number of aryl methyl sites for hydroxylation is 1. The van der Waals surface area contributed by atoms with Crippen LogP contribution in [0.2, 0.25) is 0 Å². The first-order valence-corrected chi connectivity index (χ1v) is 9.60. The Labute approximate surface area is 159 Å². The summed E-state index contributed by atoms with van der Waals surface area (Å²) in [6, 6.07) is 13.9. The van der Waals surface area contributed by atoms with Crippen LogP contribution < -0.4 is 10.6 Å². The fourth-order valence-corrected chi connectivity index (χ4v) is 3.41. The molecule has 0 unspecified atom stereocenters. The lowest BCUT2D eigenvalue weighted by atomic mass is 10.1. The number of anilines is 1. The van der Waals surface area contributed by atoms with E-state index in [1.54, 1.807) is 5.51 Å². The number of thiazole rings is 1. The maximum absolute atomic E-state index is 12.3. The summed E-state index contributed by atoms with van der Waals surface area (Å²) < 4.78 is 0.950. The third kappa shape index (κ3) is 4.75. The number of carbonyl (C=O) groups is 1. The average molecular weight is 416 g/mol. The molecule has 0 saturated carbocycles. The molecule has 1 aromatic heterocycles. The number of benzene rings is 2. The van der Waals surface area contributed by atoms with E-state index in [1.807, 2.05) is 35.7 Å². The van der Waals surface area contributed by atoms with Gasteiger partial charge in [-0.1, -0.05) is 40.2 Å². The highest BCUT2D eigenvalue weighted by Crippen LogP contribution is 2.30. The van der Waals surface area contributed by atoms with Gasteiger partial charge in [0.15, 0.2) is 0 Å². The van der Waals surface area contributed by atoms with Gasteiger partial charge in [-0.2, -0.15) is 0 Å². The summed E-state index contributed by atoms with van der Waals surface area (Å²) in [5.41, 5.74) is 6.72. The van der Waals surface area contributed by atoms with Crippen molar-refractivity contribution in [2.24, 2.45) is 0 Å². The van der Waals surface area contributed by atoms with Crippen molar-refractivity contribution in [2.45, 2.75) is 13.5 Å². The topological polar surface area (TPSA) is 54.0 Å². The van der Waals surface area contributed by atoms with Crippen LogP contribution in [0, 0.1) is 6.92 Å². The zero-order chi connectivity index (χ0) is 17.6. The number of halogens is 1. The molecule has 1 amide bonds.